The first-order chi connectivity index (χ1) is 16.0. The Morgan fingerprint density at radius 2 is 2.09 bits per heavy atom. The smallest absolute Gasteiger partial charge is 0.237 e. The molecule has 0 saturated carbocycles. The van der Waals surface area contributed by atoms with Crippen LogP contribution >= 0.6 is 22.9 Å². The van der Waals surface area contributed by atoms with E-state index in [1.54, 1.807) is 35.6 Å². The molecule has 2 heterocycles. The van der Waals surface area contributed by atoms with Crippen LogP contribution in [0.1, 0.15) is 16.5 Å². The fourth-order valence-corrected chi connectivity index (χ4v) is 4.94. The van der Waals surface area contributed by atoms with Gasteiger partial charge in [-0.2, -0.15) is 0 Å². The number of thiophene rings is 1. The third kappa shape index (κ3) is 7.42. The average Bonchev–Trinajstić information content (AvgIpc) is 3.28. The van der Waals surface area contributed by atoms with Gasteiger partial charge in [-0.05, 0) is 47.7 Å². The van der Waals surface area contributed by atoms with E-state index in [0.717, 1.165) is 12.0 Å². The van der Waals surface area contributed by atoms with E-state index >= 15 is 0 Å². The lowest BCUT2D eigenvalue weighted by molar-refractivity contribution is -0.136. The van der Waals surface area contributed by atoms with Crippen molar-refractivity contribution in [2.24, 2.45) is 0 Å². The molecule has 0 spiro atoms. The summed E-state index contributed by atoms with van der Waals surface area (Å²) < 4.78 is 11.4. The molecule has 0 radical (unpaired) electrons. The van der Waals surface area contributed by atoms with Gasteiger partial charge in [0.1, 0.15) is 12.4 Å². The number of carbonyl (C=O) groups excluding carboxylic acids is 1. The Balaban J connectivity index is 1.67. The van der Waals surface area contributed by atoms with Crippen molar-refractivity contribution < 1.29 is 19.4 Å². The minimum atomic E-state index is -0.702. The molecule has 1 aromatic heterocycles. The van der Waals surface area contributed by atoms with Crippen molar-refractivity contribution in [1.29, 1.82) is 0 Å². The molecule has 1 N–H and O–H groups in total. The van der Waals surface area contributed by atoms with Crippen LogP contribution in [0.25, 0.3) is 0 Å². The van der Waals surface area contributed by atoms with Gasteiger partial charge in [0.2, 0.25) is 5.91 Å². The van der Waals surface area contributed by atoms with E-state index in [4.69, 9.17) is 21.1 Å². The van der Waals surface area contributed by atoms with Gasteiger partial charge in [-0.1, -0.05) is 23.8 Å². The maximum absolute atomic E-state index is 13.4. The van der Waals surface area contributed by atoms with Crippen LogP contribution in [-0.4, -0.2) is 72.9 Å². The highest BCUT2D eigenvalue weighted by Crippen LogP contribution is 2.34. The van der Waals surface area contributed by atoms with E-state index in [1.807, 2.05) is 21.9 Å². The highest BCUT2D eigenvalue weighted by Gasteiger charge is 2.33. The number of rotatable bonds is 13. The van der Waals surface area contributed by atoms with Crippen molar-refractivity contribution in [2.75, 3.05) is 46.0 Å². The SMILES string of the molecule is C=CCOC[C@@H](O)CN(CC=C)CC(=O)N1CCc2sccc2[C@H]1COc1ccc(Cl)cc1. The predicted octanol–water partition coefficient (Wildman–Crippen LogP) is 3.96. The molecule has 2 atom stereocenters. The lowest BCUT2D eigenvalue weighted by Crippen LogP contribution is -2.48. The topological polar surface area (TPSA) is 62.2 Å². The third-order valence-electron chi connectivity index (χ3n) is 5.40. The minimum absolute atomic E-state index is 0.00221. The van der Waals surface area contributed by atoms with Crippen LogP contribution in [0.5, 0.6) is 5.75 Å². The number of benzene rings is 1. The Labute approximate surface area is 204 Å². The number of halogens is 1. The van der Waals surface area contributed by atoms with Crippen LogP contribution in [0.3, 0.4) is 0 Å². The molecule has 1 aliphatic rings. The van der Waals surface area contributed by atoms with Gasteiger partial charge < -0.3 is 19.5 Å². The molecule has 8 heteroatoms. The summed E-state index contributed by atoms with van der Waals surface area (Å²) in [7, 11) is 0. The Hall–Kier alpha value is -2.16. The zero-order valence-corrected chi connectivity index (χ0v) is 20.3. The van der Waals surface area contributed by atoms with Gasteiger partial charge >= 0.3 is 0 Å². The van der Waals surface area contributed by atoms with Crippen LogP contribution in [0.4, 0.5) is 0 Å². The molecule has 0 unspecified atom stereocenters. The lowest BCUT2D eigenvalue weighted by atomic mass is 10.0. The second-order valence-electron chi connectivity index (χ2n) is 7.88. The Bertz CT molecular complexity index is 917. The van der Waals surface area contributed by atoms with Crippen LogP contribution < -0.4 is 4.74 Å². The molecule has 2 aromatic rings. The van der Waals surface area contributed by atoms with Crippen LogP contribution in [-0.2, 0) is 16.0 Å². The first-order valence-corrected chi connectivity index (χ1v) is 12.2. The standard InChI is InChI=1S/C25H31ClN2O4S/c1-3-11-27(15-20(29)17-31-13-4-2)16-25(30)28-12-9-24-22(10-14-33-24)23(28)18-32-21-7-5-19(26)6-8-21/h3-8,10,14,20,23,29H,1-2,9,11-13,15-18H2/t20-,23+/m0/s1. The number of aliphatic hydroxyl groups excluding tert-OH is 1. The van der Waals surface area contributed by atoms with E-state index in [2.05, 4.69) is 24.6 Å². The van der Waals surface area contributed by atoms with E-state index in [9.17, 15) is 9.90 Å². The van der Waals surface area contributed by atoms with Crippen molar-refractivity contribution >= 4 is 28.8 Å². The number of carbonyl (C=O) groups is 1. The van der Waals surface area contributed by atoms with Gasteiger partial charge in [0.25, 0.3) is 0 Å². The van der Waals surface area contributed by atoms with Crippen molar-refractivity contribution in [2.45, 2.75) is 18.6 Å². The normalized spacial score (nSPS) is 16.3. The fraction of sp³-hybridized carbons (Fsp3) is 0.400. The van der Waals surface area contributed by atoms with E-state index in [1.165, 1.54) is 4.88 Å². The number of aliphatic hydroxyl groups is 1. The van der Waals surface area contributed by atoms with Gasteiger partial charge in [-0.15, -0.1) is 24.5 Å². The predicted molar refractivity (Wildman–Crippen MR) is 133 cm³/mol. The van der Waals surface area contributed by atoms with Gasteiger partial charge in [-0.3, -0.25) is 9.69 Å². The van der Waals surface area contributed by atoms with Gasteiger partial charge in [-0.25, -0.2) is 0 Å². The lowest BCUT2D eigenvalue weighted by Gasteiger charge is -2.37. The number of hydrogen-bond donors (Lipinski definition) is 1. The number of amides is 1. The molecule has 1 aliphatic heterocycles. The van der Waals surface area contributed by atoms with Crippen molar-refractivity contribution in [1.82, 2.24) is 9.80 Å². The molecule has 0 fully saturated rings. The summed E-state index contributed by atoms with van der Waals surface area (Å²) >= 11 is 7.69. The molecule has 0 aliphatic carbocycles. The highest BCUT2D eigenvalue weighted by atomic mass is 35.5. The summed E-state index contributed by atoms with van der Waals surface area (Å²) in [4.78, 5) is 18.4. The molecule has 6 nitrogen and oxygen atoms in total. The van der Waals surface area contributed by atoms with Gasteiger partial charge in [0.05, 0.1) is 31.9 Å². The molecule has 1 aromatic carbocycles. The summed E-state index contributed by atoms with van der Waals surface area (Å²) in [6.07, 6.45) is 3.50. The van der Waals surface area contributed by atoms with Crippen LogP contribution in [0.2, 0.25) is 5.02 Å². The van der Waals surface area contributed by atoms with Crippen LogP contribution in [0, 0.1) is 0 Å². The molecule has 178 valence electrons. The zero-order chi connectivity index (χ0) is 23.6. The summed E-state index contributed by atoms with van der Waals surface area (Å²) in [6, 6.07) is 9.13. The fourth-order valence-electron chi connectivity index (χ4n) is 3.89. The van der Waals surface area contributed by atoms with Crippen molar-refractivity contribution in [3.8, 4) is 5.75 Å². The molecule has 33 heavy (non-hydrogen) atoms. The number of fused-ring (bicyclic) bond motifs is 1. The highest BCUT2D eigenvalue weighted by molar-refractivity contribution is 7.10. The van der Waals surface area contributed by atoms with Crippen molar-refractivity contribution in [3.05, 3.63) is 76.5 Å². The molecular formula is C25H31ClN2O4S. The van der Waals surface area contributed by atoms with E-state index in [-0.39, 0.29) is 25.1 Å². The molecule has 0 bridgehead atoms. The summed E-state index contributed by atoms with van der Waals surface area (Å²) in [5.41, 5.74) is 1.14. The second-order valence-corrected chi connectivity index (χ2v) is 9.32. The van der Waals surface area contributed by atoms with Crippen molar-refractivity contribution in [3.63, 3.8) is 0 Å². The largest absolute Gasteiger partial charge is 0.491 e. The zero-order valence-electron chi connectivity index (χ0n) is 18.7. The van der Waals surface area contributed by atoms with E-state index in [0.29, 0.717) is 43.6 Å². The Morgan fingerprint density at radius 1 is 1.30 bits per heavy atom. The Morgan fingerprint density at radius 3 is 2.82 bits per heavy atom. The maximum atomic E-state index is 13.4. The second kappa shape index (κ2) is 12.9. The maximum Gasteiger partial charge on any atom is 0.237 e. The molecule has 3 rings (SSSR count). The number of hydrogen-bond acceptors (Lipinski definition) is 6. The van der Waals surface area contributed by atoms with Crippen LogP contribution in [0.15, 0.2) is 61.0 Å². The van der Waals surface area contributed by atoms with Gasteiger partial charge in [0.15, 0.2) is 0 Å². The monoisotopic (exact) mass is 490 g/mol. The number of nitrogens with zero attached hydrogens (tertiary/aromatic N) is 2. The first kappa shape index (κ1) is 25.5. The summed E-state index contributed by atoms with van der Waals surface area (Å²) in [6.45, 7) is 9.94. The molecule has 0 saturated heterocycles. The van der Waals surface area contributed by atoms with Gasteiger partial charge in [0, 0.05) is 29.5 Å². The Kier molecular flexibility index (Phi) is 9.96. The third-order valence-corrected chi connectivity index (χ3v) is 6.65. The summed E-state index contributed by atoms with van der Waals surface area (Å²) in [5.74, 6) is 0.711. The number of ether oxygens (including phenoxy) is 2. The molecule has 1 amide bonds. The van der Waals surface area contributed by atoms with E-state index < -0.39 is 6.10 Å². The quantitative estimate of drug-likeness (QED) is 0.340. The average molecular weight is 491 g/mol. The minimum Gasteiger partial charge on any atom is -0.491 e. The first-order valence-electron chi connectivity index (χ1n) is 11.0. The molecular weight excluding hydrogens is 460 g/mol. The summed E-state index contributed by atoms with van der Waals surface area (Å²) in [5, 5.41) is 13.0.